The third kappa shape index (κ3) is 2.01. The number of pyridine rings is 1. The Morgan fingerprint density at radius 2 is 2.00 bits per heavy atom. The van der Waals surface area contributed by atoms with Crippen LogP contribution in [0.1, 0.15) is 17.2 Å². The lowest BCUT2D eigenvalue weighted by Crippen LogP contribution is -2.15. The summed E-state index contributed by atoms with van der Waals surface area (Å²) >= 11 is 3.04. The zero-order chi connectivity index (χ0) is 14.3. The van der Waals surface area contributed by atoms with Gasteiger partial charge in [0.1, 0.15) is 11.6 Å². The molecule has 1 aromatic carbocycles. The van der Waals surface area contributed by atoms with Crippen molar-refractivity contribution in [2.75, 3.05) is 0 Å². The van der Waals surface area contributed by atoms with Crippen LogP contribution in [0.4, 0.5) is 8.78 Å². The maximum absolute atomic E-state index is 14.1. The van der Waals surface area contributed by atoms with Crippen molar-refractivity contribution < 1.29 is 8.78 Å². The fraction of sp³-hybridized carbons (Fsp3) is 0.0714. The highest BCUT2D eigenvalue weighted by atomic mass is 79.9. The molecule has 2 aromatic heterocycles. The number of fused-ring (bicyclic) bond motifs is 1. The number of hydrogen-bond acceptors (Lipinski definition) is 2. The zero-order valence-corrected chi connectivity index (χ0v) is 11.8. The largest absolute Gasteiger partial charge is 0.320 e. The molecule has 3 rings (SSSR count). The molecule has 0 amide bonds. The summed E-state index contributed by atoms with van der Waals surface area (Å²) in [6.07, 6.45) is 3.28. The van der Waals surface area contributed by atoms with E-state index >= 15 is 0 Å². The fourth-order valence-electron chi connectivity index (χ4n) is 2.18. The van der Waals surface area contributed by atoms with Crippen molar-refractivity contribution >= 4 is 21.4 Å². The van der Waals surface area contributed by atoms with Gasteiger partial charge in [0.25, 0.3) is 0 Å². The lowest BCUT2D eigenvalue weighted by molar-refractivity contribution is 0.540. The van der Waals surface area contributed by atoms with E-state index in [-0.39, 0.29) is 10.0 Å². The highest BCUT2D eigenvalue weighted by Gasteiger charge is 2.22. The number of halogens is 3. The lowest BCUT2D eigenvalue weighted by atomic mass is 10.00. The van der Waals surface area contributed by atoms with E-state index in [1.807, 2.05) is 12.1 Å². The Morgan fingerprint density at radius 3 is 2.80 bits per heavy atom. The van der Waals surface area contributed by atoms with Crippen LogP contribution in [0.3, 0.4) is 0 Å². The Kier molecular flexibility index (Phi) is 3.27. The van der Waals surface area contributed by atoms with Gasteiger partial charge in [0, 0.05) is 17.3 Å². The zero-order valence-electron chi connectivity index (χ0n) is 10.2. The Bertz CT molecular complexity index is 785. The van der Waals surface area contributed by atoms with Gasteiger partial charge < -0.3 is 5.73 Å². The highest BCUT2D eigenvalue weighted by Crippen LogP contribution is 2.30. The van der Waals surface area contributed by atoms with Gasteiger partial charge in [-0.2, -0.15) is 5.10 Å². The quantitative estimate of drug-likeness (QED) is 0.728. The standard InChI is InChI=1S/C14H10BrF2N3/c15-9-4-5-10(16)12(13(9)17)14(18)8-7-19-20-6-2-1-3-11(8)20/h1-7,14H,18H2. The molecule has 0 spiro atoms. The second kappa shape index (κ2) is 4.96. The maximum Gasteiger partial charge on any atom is 0.145 e. The average molecular weight is 338 g/mol. The first-order chi connectivity index (χ1) is 9.59. The van der Waals surface area contributed by atoms with Crippen molar-refractivity contribution in [3.63, 3.8) is 0 Å². The Morgan fingerprint density at radius 1 is 1.20 bits per heavy atom. The van der Waals surface area contributed by atoms with Crippen molar-refractivity contribution in [3.8, 4) is 0 Å². The minimum absolute atomic E-state index is 0.168. The van der Waals surface area contributed by atoms with Crippen molar-refractivity contribution in [3.05, 3.63) is 70.0 Å². The van der Waals surface area contributed by atoms with E-state index in [0.717, 1.165) is 5.52 Å². The van der Waals surface area contributed by atoms with Gasteiger partial charge in [-0.05, 0) is 40.2 Å². The van der Waals surface area contributed by atoms with Crippen LogP contribution in [-0.4, -0.2) is 9.61 Å². The van der Waals surface area contributed by atoms with Crippen molar-refractivity contribution in [1.82, 2.24) is 9.61 Å². The van der Waals surface area contributed by atoms with Crippen LogP contribution in [0.25, 0.3) is 5.52 Å². The molecule has 3 nitrogen and oxygen atoms in total. The number of benzene rings is 1. The van der Waals surface area contributed by atoms with E-state index in [2.05, 4.69) is 21.0 Å². The topological polar surface area (TPSA) is 43.3 Å². The molecule has 102 valence electrons. The highest BCUT2D eigenvalue weighted by molar-refractivity contribution is 9.10. The lowest BCUT2D eigenvalue weighted by Gasteiger charge is -2.14. The Labute approximate surface area is 122 Å². The summed E-state index contributed by atoms with van der Waals surface area (Å²) in [5, 5.41) is 4.13. The van der Waals surface area contributed by atoms with Crippen LogP contribution in [-0.2, 0) is 0 Å². The van der Waals surface area contributed by atoms with Gasteiger partial charge in [-0.25, -0.2) is 13.3 Å². The van der Waals surface area contributed by atoms with E-state index in [1.165, 1.54) is 18.3 Å². The average Bonchev–Trinajstić information content (AvgIpc) is 2.87. The Hall–Kier alpha value is -1.79. The van der Waals surface area contributed by atoms with Gasteiger partial charge in [-0.1, -0.05) is 6.07 Å². The molecule has 1 unspecified atom stereocenters. The van der Waals surface area contributed by atoms with E-state index in [9.17, 15) is 8.78 Å². The van der Waals surface area contributed by atoms with Crippen molar-refractivity contribution in [2.45, 2.75) is 6.04 Å². The van der Waals surface area contributed by atoms with Gasteiger partial charge >= 0.3 is 0 Å². The van der Waals surface area contributed by atoms with Crippen LogP contribution < -0.4 is 5.73 Å². The minimum atomic E-state index is -0.924. The number of rotatable bonds is 2. The summed E-state index contributed by atoms with van der Waals surface area (Å²) < 4.78 is 29.8. The monoisotopic (exact) mass is 337 g/mol. The molecule has 3 aromatic rings. The summed E-state index contributed by atoms with van der Waals surface area (Å²) in [4.78, 5) is 0. The first kappa shape index (κ1) is 13.2. The molecule has 0 saturated carbocycles. The molecule has 0 aliphatic carbocycles. The molecule has 2 N–H and O–H groups in total. The summed E-state index contributed by atoms with van der Waals surface area (Å²) in [5.74, 6) is -1.36. The first-order valence-corrected chi connectivity index (χ1v) is 6.70. The second-order valence-electron chi connectivity index (χ2n) is 4.36. The van der Waals surface area contributed by atoms with Crippen LogP contribution in [0.15, 0.2) is 47.2 Å². The molecular weight excluding hydrogens is 328 g/mol. The summed E-state index contributed by atoms with van der Waals surface area (Å²) in [6, 6.07) is 7.02. The summed E-state index contributed by atoms with van der Waals surface area (Å²) in [5.41, 5.74) is 7.17. The summed E-state index contributed by atoms with van der Waals surface area (Å²) in [6.45, 7) is 0. The molecule has 0 fully saturated rings. The number of hydrogen-bond donors (Lipinski definition) is 1. The van der Waals surface area contributed by atoms with Gasteiger partial charge in [-0.3, -0.25) is 0 Å². The molecule has 0 aliphatic heterocycles. The molecule has 2 heterocycles. The smallest absolute Gasteiger partial charge is 0.145 e. The normalized spacial score (nSPS) is 12.8. The minimum Gasteiger partial charge on any atom is -0.320 e. The maximum atomic E-state index is 14.1. The van der Waals surface area contributed by atoms with Gasteiger partial charge in [-0.15, -0.1) is 0 Å². The van der Waals surface area contributed by atoms with E-state index < -0.39 is 17.7 Å². The predicted molar refractivity (Wildman–Crippen MR) is 75.3 cm³/mol. The third-order valence-electron chi connectivity index (χ3n) is 3.18. The van der Waals surface area contributed by atoms with Crippen LogP contribution >= 0.6 is 15.9 Å². The van der Waals surface area contributed by atoms with E-state index in [4.69, 9.17) is 5.73 Å². The van der Waals surface area contributed by atoms with Crippen LogP contribution in [0.2, 0.25) is 0 Å². The van der Waals surface area contributed by atoms with E-state index in [0.29, 0.717) is 5.56 Å². The fourth-order valence-corrected chi connectivity index (χ4v) is 2.52. The van der Waals surface area contributed by atoms with Crippen LogP contribution in [0.5, 0.6) is 0 Å². The van der Waals surface area contributed by atoms with Gasteiger partial charge in [0.2, 0.25) is 0 Å². The second-order valence-corrected chi connectivity index (χ2v) is 5.22. The molecule has 0 aliphatic rings. The third-order valence-corrected chi connectivity index (χ3v) is 3.79. The van der Waals surface area contributed by atoms with Gasteiger partial charge in [0.05, 0.1) is 22.2 Å². The molecule has 0 radical (unpaired) electrons. The van der Waals surface area contributed by atoms with Crippen molar-refractivity contribution in [2.24, 2.45) is 5.73 Å². The molecule has 6 heteroatoms. The molecule has 20 heavy (non-hydrogen) atoms. The molecule has 1 atom stereocenters. The number of aromatic nitrogens is 2. The molecule has 0 bridgehead atoms. The number of nitrogens with two attached hydrogens (primary N) is 1. The van der Waals surface area contributed by atoms with Crippen molar-refractivity contribution in [1.29, 1.82) is 0 Å². The molecular formula is C14H10BrF2N3. The molecule has 0 saturated heterocycles. The first-order valence-electron chi connectivity index (χ1n) is 5.91. The van der Waals surface area contributed by atoms with Gasteiger partial charge in [0.15, 0.2) is 0 Å². The van der Waals surface area contributed by atoms with E-state index in [1.54, 1.807) is 16.8 Å². The summed E-state index contributed by atoms with van der Waals surface area (Å²) in [7, 11) is 0. The van der Waals surface area contributed by atoms with Crippen LogP contribution in [0, 0.1) is 11.6 Å². The SMILES string of the molecule is NC(c1c(F)ccc(Br)c1F)c1cnn2ccccc12. The predicted octanol–water partition coefficient (Wildman–Crippen LogP) is 3.42. The Balaban J connectivity index is 2.18. The number of nitrogens with zero attached hydrogens (tertiary/aromatic N) is 2.